The summed E-state index contributed by atoms with van der Waals surface area (Å²) in [6.07, 6.45) is 7.47. The van der Waals surface area contributed by atoms with Gasteiger partial charge in [0, 0.05) is 25.9 Å². The van der Waals surface area contributed by atoms with Gasteiger partial charge in [0.1, 0.15) is 5.82 Å². The highest BCUT2D eigenvalue weighted by atomic mass is 15.2. The third-order valence-corrected chi connectivity index (χ3v) is 4.17. The number of hydrogen-bond donors (Lipinski definition) is 1. The molecule has 0 fully saturated rings. The normalized spacial score (nSPS) is 11.6. The van der Waals surface area contributed by atoms with Crippen LogP contribution in [0.3, 0.4) is 0 Å². The minimum absolute atomic E-state index is 0.677. The molecular formula is C19H26N4. The lowest BCUT2D eigenvalue weighted by Gasteiger charge is -2.23. The fourth-order valence-corrected chi connectivity index (χ4v) is 2.64. The molecule has 1 aromatic heterocycles. The van der Waals surface area contributed by atoms with Gasteiger partial charge < -0.3 is 15.2 Å². The van der Waals surface area contributed by atoms with Gasteiger partial charge in [-0.1, -0.05) is 32.6 Å². The van der Waals surface area contributed by atoms with E-state index in [0.29, 0.717) is 5.82 Å². The molecular weight excluding hydrogens is 284 g/mol. The summed E-state index contributed by atoms with van der Waals surface area (Å²) in [6.45, 7) is 8.14. The van der Waals surface area contributed by atoms with E-state index >= 15 is 0 Å². The van der Waals surface area contributed by atoms with E-state index in [1.54, 1.807) is 12.4 Å². The first kappa shape index (κ1) is 16.9. The SMILES string of the molecule is C=Cc1ncn(C)c1/C=C(\N)N(C)c1ccc(CC)cc1CC. The molecule has 2 aromatic rings. The molecule has 23 heavy (non-hydrogen) atoms. The molecule has 0 spiro atoms. The van der Waals surface area contributed by atoms with Crippen LogP contribution in [-0.2, 0) is 19.9 Å². The fraction of sp³-hybridized carbons (Fsp3) is 0.316. The molecule has 0 aliphatic rings. The number of anilines is 1. The summed E-state index contributed by atoms with van der Waals surface area (Å²) in [5.41, 5.74) is 11.9. The molecule has 0 saturated carbocycles. The molecule has 1 heterocycles. The Kier molecular flexibility index (Phi) is 5.27. The summed E-state index contributed by atoms with van der Waals surface area (Å²) in [5.74, 6) is 0.677. The Balaban J connectivity index is 2.39. The highest BCUT2D eigenvalue weighted by Crippen LogP contribution is 2.24. The first-order chi connectivity index (χ1) is 11.0. The summed E-state index contributed by atoms with van der Waals surface area (Å²) < 4.78 is 1.94. The van der Waals surface area contributed by atoms with Gasteiger partial charge in [0.05, 0.1) is 17.7 Å². The number of hydrogen-bond acceptors (Lipinski definition) is 3. The molecule has 0 amide bonds. The van der Waals surface area contributed by atoms with E-state index in [4.69, 9.17) is 5.73 Å². The first-order valence-corrected chi connectivity index (χ1v) is 7.98. The molecule has 0 saturated heterocycles. The first-order valence-electron chi connectivity index (χ1n) is 7.98. The Morgan fingerprint density at radius 1 is 1.35 bits per heavy atom. The highest BCUT2D eigenvalue weighted by molar-refractivity contribution is 5.66. The van der Waals surface area contributed by atoms with E-state index in [0.717, 1.165) is 29.9 Å². The van der Waals surface area contributed by atoms with E-state index in [-0.39, 0.29) is 0 Å². The second-order valence-corrected chi connectivity index (χ2v) is 5.63. The Bertz CT molecular complexity index is 725. The van der Waals surface area contributed by atoms with Crippen LogP contribution in [0.1, 0.15) is 36.4 Å². The van der Waals surface area contributed by atoms with Crippen molar-refractivity contribution in [3.63, 3.8) is 0 Å². The monoisotopic (exact) mass is 310 g/mol. The van der Waals surface area contributed by atoms with Crippen LogP contribution in [0.5, 0.6) is 0 Å². The Hall–Kier alpha value is -2.49. The molecule has 0 aliphatic carbocycles. The van der Waals surface area contributed by atoms with Gasteiger partial charge in [0.2, 0.25) is 0 Å². The average molecular weight is 310 g/mol. The van der Waals surface area contributed by atoms with E-state index in [9.17, 15) is 0 Å². The van der Waals surface area contributed by atoms with Gasteiger partial charge in [0.25, 0.3) is 0 Å². The summed E-state index contributed by atoms with van der Waals surface area (Å²) in [5, 5.41) is 0. The van der Waals surface area contributed by atoms with Crippen molar-refractivity contribution < 1.29 is 0 Å². The van der Waals surface area contributed by atoms with Gasteiger partial charge in [-0.3, -0.25) is 0 Å². The van der Waals surface area contributed by atoms with E-state index in [1.807, 2.05) is 29.6 Å². The van der Waals surface area contributed by atoms with Crippen LogP contribution in [-0.4, -0.2) is 16.6 Å². The minimum Gasteiger partial charge on any atom is -0.385 e. The Morgan fingerprint density at radius 2 is 2.09 bits per heavy atom. The van der Waals surface area contributed by atoms with Gasteiger partial charge >= 0.3 is 0 Å². The van der Waals surface area contributed by atoms with Crippen molar-refractivity contribution in [2.45, 2.75) is 26.7 Å². The smallest absolute Gasteiger partial charge is 0.105 e. The minimum atomic E-state index is 0.677. The second-order valence-electron chi connectivity index (χ2n) is 5.63. The topological polar surface area (TPSA) is 47.1 Å². The lowest BCUT2D eigenvalue weighted by Crippen LogP contribution is -2.24. The van der Waals surface area contributed by atoms with Crippen molar-refractivity contribution in [3.05, 3.63) is 59.4 Å². The van der Waals surface area contributed by atoms with Gasteiger partial charge in [-0.15, -0.1) is 0 Å². The van der Waals surface area contributed by atoms with Crippen LogP contribution < -0.4 is 10.6 Å². The van der Waals surface area contributed by atoms with Crippen molar-refractivity contribution in [2.75, 3.05) is 11.9 Å². The molecule has 1 aromatic carbocycles. The lowest BCUT2D eigenvalue weighted by atomic mass is 10.0. The maximum atomic E-state index is 6.34. The van der Waals surface area contributed by atoms with Crippen molar-refractivity contribution in [2.24, 2.45) is 12.8 Å². The van der Waals surface area contributed by atoms with Crippen LogP contribution in [0.2, 0.25) is 0 Å². The molecule has 0 aliphatic heterocycles. The molecule has 0 atom stereocenters. The number of aryl methyl sites for hydroxylation is 3. The van der Waals surface area contributed by atoms with Crippen LogP contribution in [0.4, 0.5) is 5.69 Å². The van der Waals surface area contributed by atoms with Crippen LogP contribution in [0.15, 0.2) is 36.9 Å². The second kappa shape index (κ2) is 7.18. The maximum Gasteiger partial charge on any atom is 0.105 e. The van der Waals surface area contributed by atoms with Gasteiger partial charge in [-0.2, -0.15) is 0 Å². The summed E-state index contributed by atoms with van der Waals surface area (Å²) in [4.78, 5) is 6.33. The Labute approximate surface area is 138 Å². The zero-order valence-corrected chi connectivity index (χ0v) is 14.5. The maximum absolute atomic E-state index is 6.34. The van der Waals surface area contributed by atoms with Gasteiger partial charge in [-0.05, 0) is 36.1 Å². The number of aromatic nitrogens is 2. The van der Waals surface area contributed by atoms with Crippen molar-refractivity contribution in [3.8, 4) is 0 Å². The molecule has 122 valence electrons. The van der Waals surface area contributed by atoms with Gasteiger partial charge in [0.15, 0.2) is 0 Å². The standard InChI is InChI=1S/C19H26N4/c1-6-14-9-10-17(15(7-2)11-14)23(5)19(20)12-18-16(8-3)21-13-22(18)4/h8-13H,3,6-7,20H2,1-2,4-5H3/b19-12+. The summed E-state index contributed by atoms with van der Waals surface area (Å²) >= 11 is 0. The highest BCUT2D eigenvalue weighted by Gasteiger charge is 2.11. The molecule has 4 heteroatoms. The third-order valence-electron chi connectivity index (χ3n) is 4.17. The predicted octanol–water partition coefficient (Wildman–Crippen LogP) is 3.58. The van der Waals surface area contributed by atoms with Crippen molar-refractivity contribution in [1.29, 1.82) is 0 Å². The number of nitrogens with two attached hydrogens (primary N) is 1. The van der Waals surface area contributed by atoms with Crippen LogP contribution >= 0.6 is 0 Å². The number of nitrogens with zero attached hydrogens (tertiary/aromatic N) is 3. The largest absolute Gasteiger partial charge is 0.385 e. The Morgan fingerprint density at radius 3 is 2.70 bits per heavy atom. The molecule has 0 unspecified atom stereocenters. The number of benzene rings is 1. The molecule has 4 nitrogen and oxygen atoms in total. The quantitative estimate of drug-likeness (QED) is 0.887. The average Bonchev–Trinajstić information content (AvgIpc) is 2.93. The zero-order chi connectivity index (χ0) is 17.0. The third kappa shape index (κ3) is 3.47. The van der Waals surface area contributed by atoms with Crippen molar-refractivity contribution in [1.82, 2.24) is 9.55 Å². The van der Waals surface area contributed by atoms with Gasteiger partial charge in [-0.25, -0.2) is 4.98 Å². The summed E-state index contributed by atoms with van der Waals surface area (Å²) in [7, 11) is 3.95. The lowest BCUT2D eigenvalue weighted by molar-refractivity contribution is 0.898. The fourth-order valence-electron chi connectivity index (χ4n) is 2.64. The number of rotatable bonds is 6. The summed E-state index contributed by atoms with van der Waals surface area (Å²) in [6, 6.07) is 6.58. The van der Waals surface area contributed by atoms with E-state index in [1.165, 1.54) is 11.1 Å². The molecule has 0 bridgehead atoms. The zero-order valence-electron chi connectivity index (χ0n) is 14.5. The molecule has 0 radical (unpaired) electrons. The van der Waals surface area contributed by atoms with Crippen LogP contribution in [0.25, 0.3) is 12.2 Å². The van der Waals surface area contributed by atoms with Crippen molar-refractivity contribution >= 4 is 17.8 Å². The number of imidazole rings is 1. The van der Waals surface area contributed by atoms with E-state index in [2.05, 4.69) is 43.6 Å². The van der Waals surface area contributed by atoms with E-state index < -0.39 is 0 Å². The van der Waals surface area contributed by atoms with Crippen LogP contribution in [0, 0.1) is 0 Å². The molecule has 2 N–H and O–H groups in total. The predicted molar refractivity (Wildman–Crippen MR) is 99.1 cm³/mol. The molecule has 2 rings (SSSR count).